The van der Waals surface area contributed by atoms with Crippen molar-refractivity contribution in [2.45, 2.75) is 45.6 Å². The summed E-state index contributed by atoms with van der Waals surface area (Å²) in [5, 5.41) is 12.6. The van der Waals surface area contributed by atoms with Gasteiger partial charge in [0, 0.05) is 6.04 Å². The van der Waals surface area contributed by atoms with Crippen LogP contribution in [0.25, 0.3) is 0 Å². The Labute approximate surface area is 126 Å². The van der Waals surface area contributed by atoms with Crippen molar-refractivity contribution in [3.63, 3.8) is 0 Å². The molecule has 0 saturated heterocycles. The summed E-state index contributed by atoms with van der Waals surface area (Å²) >= 11 is 0. The lowest BCUT2D eigenvalue weighted by Gasteiger charge is -2.33. The Balaban J connectivity index is 2.14. The number of methoxy groups -OCH3 is 1. The average molecular weight is 291 g/mol. The highest BCUT2D eigenvalue weighted by atomic mass is 16.5. The minimum Gasteiger partial charge on any atom is -0.495 e. The first-order valence-electron chi connectivity index (χ1n) is 7.69. The summed E-state index contributed by atoms with van der Waals surface area (Å²) < 4.78 is 5.34. The lowest BCUT2D eigenvalue weighted by Crippen LogP contribution is -2.29. The third kappa shape index (κ3) is 3.90. The van der Waals surface area contributed by atoms with Gasteiger partial charge in [0.05, 0.1) is 18.4 Å². The molecule has 0 aromatic heterocycles. The first-order chi connectivity index (χ1) is 10.0. The van der Waals surface area contributed by atoms with Crippen LogP contribution in [-0.4, -0.2) is 24.2 Å². The van der Waals surface area contributed by atoms with E-state index in [2.05, 4.69) is 19.2 Å². The lowest BCUT2D eigenvalue weighted by atomic mass is 9.79. The van der Waals surface area contributed by atoms with Gasteiger partial charge in [-0.25, -0.2) is 4.79 Å². The van der Waals surface area contributed by atoms with E-state index in [1.807, 2.05) is 0 Å². The topological polar surface area (TPSA) is 58.6 Å². The molecule has 0 radical (unpaired) electrons. The highest BCUT2D eigenvalue weighted by Crippen LogP contribution is 2.34. The van der Waals surface area contributed by atoms with Crippen molar-refractivity contribution in [2.24, 2.45) is 11.8 Å². The van der Waals surface area contributed by atoms with Crippen molar-refractivity contribution in [1.29, 1.82) is 0 Å². The average Bonchev–Trinajstić information content (AvgIpc) is 2.47. The zero-order valence-electron chi connectivity index (χ0n) is 13.1. The Morgan fingerprint density at radius 1 is 1.38 bits per heavy atom. The summed E-state index contributed by atoms with van der Waals surface area (Å²) in [6.45, 7) is 4.55. The Bertz CT molecular complexity index is 499. The molecule has 1 aliphatic carbocycles. The molecule has 116 valence electrons. The van der Waals surface area contributed by atoms with Gasteiger partial charge in [-0.1, -0.05) is 26.7 Å². The summed E-state index contributed by atoms with van der Waals surface area (Å²) in [5.41, 5.74) is 1.07. The molecule has 0 bridgehead atoms. The van der Waals surface area contributed by atoms with Gasteiger partial charge >= 0.3 is 5.97 Å². The van der Waals surface area contributed by atoms with E-state index in [4.69, 9.17) is 9.84 Å². The van der Waals surface area contributed by atoms with Gasteiger partial charge in [-0.15, -0.1) is 0 Å². The number of hydrogen-bond acceptors (Lipinski definition) is 3. The van der Waals surface area contributed by atoms with Crippen molar-refractivity contribution >= 4 is 11.7 Å². The van der Waals surface area contributed by atoms with Crippen LogP contribution in [0.2, 0.25) is 0 Å². The lowest BCUT2D eigenvalue weighted by molar-refractivity contribution is 0.0697. The molecular weight excluding hydrogens is 266 g/mol. The van der Waals surface area contributed by atoms with E-state index >= 15 is 0 Å². The number of rotatable bonds is 5. The monoisotopic (exact) mass is 291 g/mol. The summed E-state index contributed by atoms with van der Waals surface area (Å²) in [4.78, 5) is 11.1. The van der Waals surface area contributed by atoms with Crippen LogP contribution < -0.4 is 10.1 Å². The maximum atomic E-state index is 11.1. The number of carboxylic acids is 1. The molecule has 2 unspecified atom stereocenters. The predicted octanol–water partition coefficient (Wildman–Crippen LogP) is 4.02. The molecular formula is C17H25NO3. The van der Waals surface area contributed by atoms with Gasteiger partial charge in [0.25, 0.3) is 0 Å². The normalized spacial score (nSPS) is 22.1. The highest BCUT2D eigenvalue weighted by molar-refractivity contribution is 5.89. The summed E-state index contributed by atoms with van der Waals surface area (Å²) in [5.74, 6) is 1.22. The van der Waals surface area contributed by atoms with Gasteiger partial charge in [0.15, 0.2) is 0 Å². The van der Waals surface area contributed by atoms with E-state index in [-0.39, 0.29) is 5.56 Å². The number of carbonyl (C=O) groups is 1. The van der Waals surface area contributed by atoms with Gasteiger partial charge < -0.3 is 15.2 Å². The second-order valence-electron chi connectivity index (χ2n) is 6.23. The minimum absolute atomic E-state index is 0.287. The zero-order chi connectivity index (χ0) is 15.4. The maximum absolute atomic E-state index is 11.1. The molecule has 0 spiro atoms. The van der Waals surface area contributed by atoms with Crippen molar-refractivity contribution in [1.82, 2.24) is 0 Å². The second kappa shape index (κ2) is 6.83. The van der Waals surface area contributed by atoms with Crippen molar-refractivity contribution in [3.8, 4) is 5.75 Å². The number of nitrogens with one attached hydrogen (secondary N) is 1. The van der Waals surface area contributed by atoms with Crippen molar-refractivity contribution in [2.75, 3.05) is 12.4 Å². The molecule has 1 aliphatic rings. The largest absolute Gasteiger partial charge is 0.495 e. The number of hydrogen-bond donors (Lipinski definition) is 2. The van der Waals surface area contributed by atoms with Crippen LogP contribution in [0.15, 0.2) is 18.2 Å². The first kappa shape index (κ1) is 15.7. The minimum atomic E-state index is -0.913. The van der Waals surface area contributed by atoms with Gasteiger partial charge in [0.1, 0.15) is 5.75 Å². The predicted molar refractivity (Wildman–Crippen MR) is 84.2 cm³/mol. The number of ether oxygens (including phenoxy) is 1. The van der Waals surface area contributed by atoms with Gasteiger partial charge in [-0.3, -0.25) is 0 Å². The van der Waals surface area contributed by atoms with E-state index in [1.54, 1.807) is 25.3 Å². The quantitative estimate of drug-likeness (QED) is 0.860. The highest BCUT2D eigenvalue weighted by Gasteiger charge is 2.24. The molecule has 4 nitrogen and oxygen atoms in total. The van der Waals surface area contributed by atoms with E-state index in [0.29, 0.717) is 17.7 Å². The third-order valence-corrected chi connectivity index (χ3v) is 4.46. The molecule has 4 heteroatoms. The zero-order valence-corrected chi connectivity index (χ0v) is 13.1. The molecule has 2 rings (SSSR count). The Morgan fingerprint density at radius 3 is 2.76 bits per heavy atom. The standard InChI is InChI=1S/C17H25NO3/c1-11(2)12-5-4-6-14(9-12)18-15-10-13(17(19)20)7-8-16(15)21-3/h7-8,10-12,14,18H,4-6,9H2,1-3H3,(H,19,20). The van der Waals surface area contributed by atoms with Crippen LogP contribution in [0.1, 0.15) is 49.9 Å². The molecule has 1 aromatic rings. The Morgan fingerprint density at radius 2 is 2.14 bits per heavy atom. The van der Waals surface area contributed by atoms with E-state index in [1.165, 1.54) is 12.8 Å². The van der Waals surface area contributed by atoms with Crippen LogP contribution in [0.5, 0.6) is 5.75 Å². The Kier molecular flexibility index (Phi) is 5.10. The fourth-order valence-corrected chi connectivity index (χ4v) is 3.14. The fourth-order valence-electron chi connectivity index (χ4n) is 3.14. The van der Waals surface area contributed by atoms with E-state index in [0.717, 1.165) is 24.4 Å². The molecule has 1 fully saturated rings. The maximum Gasteiger partial charge on any atom is 0.335 e. The number of aromatic carboxylic acids is 1. The van der Waals surface area contributed by atoms with Crippen LogP contribution in [0.4, 0.5) is 5.69 Å². The Hall–Kier alpha value is -1.71. The van der Waals surface area contributed by atoms with Gasteiger partial charge in [-0.2, -0.15) is 0 Å². The summed E-state index contributed by atoms with van der Waals surface area (Å²) in [7, 11) is 1.61. The van der Waals surface area contributed by atoms with E-state index < -0.39 is 5.97 Å². The molecule has 2 N–H and O–H groups in total. The van der Waals surface area contributed by atoms with Crippen LogP contribution in [0, 0.1) is 11.8 Å². The number of benzene rings is 1. The smallest absolute Gasteiger partial charge is 0.335 e. The third-order valence-electron chi connectivity index (χ3n) is 4.46. The van der Waals surface area contributed by atoms with Crippen molar-refractivity contribution < 1.29 is 14.6 Å². The number of carboxylic acid groups (broad SMARTS) is 1. The summed E-state index contributed by atoms with van der Waals surface area (Å²) in [6, 6.07) is 5.35. The molecule has 1 aromatic carbocycles. The first-order valence-corrected chi connectivity index (χ1v) is 7.69. The molecule has 21 heavy (non-hydrogen) atoms. The molecule has 0 amide bonds. The van der Waals surface area contributed by atoms with Gasteiger partial charge in [-0.05, 0) is 42.9 Å². The molecule has 2 atom stereocenters. The van der Waals surface area contributed by atoms with Crippen LogP contribution in [0.3, 0.4) is 0 Å². The van der Waals surface area contributed by atoms with Crippen LogP contribution >= 0.6 is 0 Å². The summed E-state index contributed by atoms with van der Waals surface area (Å²) in [6.07, 6.45) is 4.78. The fraction of sp³-hybridized carbons (Fsp3) is 0.588. The van der Waals surface area contributed by atoms with Crippen molar-refractivity contribution in [3.05, 3.63) is 23.8 Å². The van der Waals surface area contributed by atoms with Crippen LogP contribution in [-0.2, 0) is 0 Å². The molecule has 1 saturated carbocycles. The SMILES string of the molecule is COc1ccc(C(=O)O)cc1NC1CCCC(C(C)C)C1. The molecule has 0 heterocycles. The van der Waals surface area contributed by atoms with E-state index in [9.17, 15) is 4.79 Å². The van der Waals surface area contributed by atoms with Gasteiger partial charge in [0.2, 0.25) is 0 Å². The second-order valence-corrected chi connectivity index (χ2v) is 6.23. The molecule has 0 aliphatic heterocycles. The number of anilines is 1.